The van der Waals surface area contributed by atoms with Gasteiger partial charge in [0.1, 0.15) is 0 Å². The fourth-order valence-electron chi connectivity index (χ4n) is 2.05. The van der Waals surface area contributed by atoms with Crippen LogP contribution in [0.25, 0.3) is 0 Å². The molecule has 0 aliphatic rings. The Morgan fingerprint density at radius 3 is 2.11 bits per heavy atom. The normalized spacial score (nSPS) is 10.5. The molecule has 2 aromatic carbocycles. The second-order valence-corrected chi connectivity index (χ2v) is 7.14. The molecule has 0 heterocycles. The Kier molecular flexibility index (Phi) is 7.84. The highest BCUT2D eigenvalue weighted by Crippen LogP contribution is 2.22. The summed E-state index contributed by atoms with van der Waals surface area (Å²) in [6, 6.07) is 10.5. The van der Waals surface area contributed by atoms with E-state index in [9.17, 15) is 14.4 Å². The summed E-state index contributed by atoms with van der Waals surface area (Å²) in [5.74, 6) is -1.41. The summed E-state index contributed by atoms with van der Waals surface area (Å²) in [7, 11) is 0. The first-order valence-corrected chi connectivity index (χ1v) is 9.21. The van der Waals surface area contributed by atoms with Crippen molar-refractivity contribution in [3.63, 3.8) is 0 Å². The Labute approximate surface area is 172 Å². The van der Waals surface area contributed by atoms with Gasteiger partial charge in [-0.2, -0.15) is 0 Å². The van der Waals surface area contributed by atoms with Crippen molar-refractivity contribution in [2.45, 2.75) is 13.8 Å². The fraction of sp³-hybridized carbons (Fsp3) is 0.250. The van der Waals surface area contributed by atoms with Gasteiger partial charge in [-0.05, 0) is 48.4 Å². The van der Waals surface area contributed by atoms with E-state index in [2.05, 4.69) is 5.32 Å². The van der Waals surface area contributed by atoms with Gasteiger partial charge in [0, 0.05) is 5.69 Å². The molecule has 0 aromatic heterocycles. The summed E-state index contributed by atoms with van der Waals surface area (Å²) in [6.07, 6.45) is 0. The van der Waals surface area contributed by atoms with Gasteiger partial charge in [-0.25, -0.2) is 9.59 Å². The van der Waals surface area contributed by atoms with Crippen LogP contribution in [0.3, 0.4) is 0 Å². The fourth-order valence-corrected chi connectivity index (χ4v) is 2.35. The van der Waals surface area contributed by atoms with Crippen molar-refractivity contribution in [2.24, 2.45) is 5.92 Å². The lowest BCUT2D eigenvalue weighted by Gasteiger charge is -2.09. The van der Waals surface area contributed by atoms with Crippen LogP contribution in [0.15, 0.2) is 42.5 Å². The first-order chi connectivity index (χ1) is 13.3. The topological polar surface area (TPSA) is 81.7 Å². The third-order valence-electron chi connectivity index (χ3n) is 3.44. The van der Waals surface area contributed by atoms with Crippen LogP contribution in [0.2, 0.25) is 10.0 Å². The zero-order valence-electron chi connectivity index (χ0n) is 15.3. The van der Waals surface area contributed by atoms with Gasteiger partial charge in [0.25, 0.3) is 5.91 Å². The van der Waals surface area contributed by atoms with Crippen LogP contribution in [0.1, 0.15) is 34.6 Å². The second kappa shape index (κ2) is 10.1. The standard InChI is InChI=1S/C20H19Cl2NO5/c1-12(2)10-27-19(25)13-3-6-15(7-4-13)23-18(24)11-28-20(26)14-5-8-16(21)17(22)9-14/h3-9,12H,10-11H2,1-2H3,(H,23,24). The lowest BCUT2D eigenvalue weighted by molar-refractivity contribution is -0.119. The molecule has 0 atom stereocenters. The molecule has 0 unspecified atom stereocenters. The molecule has 0 bridgehead atoms. The zero-order chi connectivity index (χ0) is 20.7. The van der Waals surface area contributed by atoms with Crippen molar-refractivity contribution in [3.05, 3.63) is 63.6 Å². The third kappa shape index (κ3) is 6.55. The van der Waals surface area contributed by atoms with Crippen molar-refractivity contribution >= 4 is 46.7 Å². The van der Waals surface area contributed by atoms with Gasteiger partial charge in [0.05, 0.1) is 27.8 Å². The van der Waals surface area contributed by atoms with Crippen LogP contribution in [-0.2, 0) is 14.3 Å². The minimum absolute atomic E-state index is 0.187. The number of ether oxygens (including phenoxy) is 2. The van der Waals surface area contributed by atoms with Crippen LogP contribution in [-0.4, -0.2) is 31.1 Å². The Balaban J connectivity index is 1.84. The lowest BCUT2D eigenvalue weighted by atomic mass is 10.2. The molecular formula is C20H19Cl2NO5. The number of carbonyl (C=O) groups excluding carboxylic acids is 3. The second-order valence-electron chi connectivity index (χ2n) is 6.32. The maximum Gasteiger partial charge on any atom is 0.338 e. The predicted molar refractivity (Wildman–Crippen MR) is 107 cm³/mol. The van der Waals surface area contributed by atoms with Gasteiger partial charge in [-0.1, -0.05) is 37.0 Å². The van der Waals surface area contributed by atoms with E-state index in [0.29, 0.717) is 22.9 Å². The molecule has 6 nitrogen and oxygen atoms in total. The number of amides is 1. The molecular weight excluding hydrogens is 405 g/mol. The number of hydrogen-bond acceptors (Lipinski definition) is 5. The van der Waals surface area contributed by atoms with E-state index in [-0.39, 0.29) is 16.5 Å². The highest BCUT2D eigenvalue weighted by Gasteiger charge is 2.13. The number of esters is 2. The van der Waals surface area contributed by atoms with Gasteiger partial charge in [0.15, 0.2) is 6.61 Å². The third-order valence-corrected chi connectivity index (χ3v) is 4.18. The van der Waals surface area contributed by atoms with Crippen molar-refractivity contribution in [1.29, 1.82) is 0 Å². The van der Waals surface area contributed by atoms with Crippen molar-refractivity contribution < 1.29 is 23.9 Å². The molecule has 28 heavy (non-hydrogen) atoms. The van der Waals surface area contributed by atoms with Crippen LogP contribution in [0, 0.1) is 5.92 Å². The van der Waals surface area contributed by atoms with Crippen molar-refractivity contribution in [3.8, 4) is 0 Å². The molecule has 0 aliphatic carbocycles. The molecule has 0 saturated heterocycles. The van der Waals surface area contributed by atoms with Crippen molar-refractivity contribution in [2.75, 3.05) is 18.5 Å². The number of hydrogen-bond donors (Lipinski definition) is 1. The van der Waals surface area contributed by atoms with Crippen LogP contribution in [0.4, 0.5) is 5.69 Å². The molecule has 0 spiro atoms. The van der Waals surface area contributed by atoms with E-state index in [1.165, 1.54) is 18.2 Å². The summed E-state index contributed by atoms with van der Waals surface area (Å²) in [5.41, 5.74) is 1.02. The van der Waals surface area contributed by atoms with Crippen LogP contribution in [0.5, 0.6) is 0 Å². The Bertz CT molecular complexity index is 865. The maximum atomic E-state index is 11.9. The van der Waals surface area contributed by atoms with E-state index < -0.39 is 24.5 Å². The first-order valence-electron chi connectivity index (χ1n) is 8.45. The molecule has 2 aromatic rings. The van der Waals surface area contributed by atoms with Crippen LogP contribution < -0.4 is 5.32 Å². The molecule has 148 valence electrons. The van der Waals surface area contributed by atoms with E-state index in [1.54, 1.807) is 24.3 Å². The molecule has 2 rings (SSSR count). The molecule has 0 saturated carbocycles. The Morgan fingerprint density at radius 2 is 1.50 bits per heavy atom. The van der Waals surface area contributed by atoms with E-state index in [0.717, 1.165) is 0 Å². The van der Waals surface area contributed by atoms with Gasteiger partial charge in [0.2, 0.25) is 0 Å². The van der Waals surface area contributed by atoms with Gasteiger partial charge in [-0.3, -0.25) is 4.79 Å². The molecule has 1 amide bonds. The minimum atomic E-state index is -0.697. The average molecular weight is 424 g/mol. The van der Waals surface area contributed by atoms with Gasteiger partial charge in [-0.15, -0.1) is 0 Å². The van der Waals surface area contributed by atoms with E-state index >= 15 is 0 Å². The highest BCUT2D eigenvalue weighted by molar-refractivity contribution is 6.42. The maximum absolute atomic E-state index is 11.9. The SMILES string of the molecule is CC(C)COC(=O)c1ccc(NC(=O)COC(=O)c2ccc(Cl)c(Cl)c2)cc1. The van der Waals surface area contributed by atoms with Crippen molar-refractivity contribution in [1.82, 2.24) is 0 Å². The number of nitrogens with one attached hydrogen (secondary N) is 1. The molecule has 0 aliphatic heterocycles. The van der Waals surface area contributed by atoms with Gasteiger partial charge >= 0.3 is 11.9 Å². The monoisotopic (exact) mass is 423 g/mol. The quantitative estimate of drug-likeness (QED) is 0.657. The summed E-state index contributed by atoms with van der Waals surface area (Å²) in [4.78, 5) is 35.7. The first kappa shape index (κ1) is 21.7. The smallest absolute Gasteiger partial charge is 0.338 e. The van der Waals surface area contributed by atoms with E-state index in [1.807, 2.05) is 13.8 Å². The molecule has 1 N–H and O–H groups in total. The largest absolute Gasteiger partial charge is 0.462 e. The highest BCUT2D eigenvalue weighted by atomic mass is 35.5. The summed E-state index contributed by atoms with van der Waals surface area (Å²) in [5, 5.41) is 3.10. The predicted octanol–water partition coefficient (Wildman–Crippen LogP) is 4.60. The number of rotatable bonds is 7. The summed E-state index contributed by atoms with van der Waals surface area (Å²) in [6.45, 7) is 3.75. The molecule has 0 radical (unpaired) electrons. The van der Waals surface area contributed by atoms with Crippen LogP contribution >= 0.6 is 23.2 Å². The number of carbonyl (C=O) groups is 3. The lowest BCUT2D eigenvalue weighted by Crippen LogP contribution is -2.21. The molecule has 8 heteroatoms. The Morgan fingerprint density at radius 1 is 0.893 bits per heavy atom. The average Bonchev–Trinajstić information content (AvgIpc) is 2.67. The van der Waals surface area contributed by atoms with Gasteiger partial charge < -0.3 is 14.8 Å². The Hall–Kier alpha value is -2.57. The summed E-state index contributed by atoms with van der Waals surface area (Å²) < 4.78 is 10.1. The number of anilines is 1. The number of benzene rings is 2. The van der Waals surface area contributed by atoms with E-state index in [4.69, 9.17) is 32.7 Å². The molecule has 0 fully saturated rings. The summed E-state index contributed by atoms with van der Waals surface area (Å²) >= 11 is 11.6. The number of halogens is 2. The zero-order valence-corrected chi connectivity index (χ0v) is 16.8. The minimum Gasteiger partial charge on any atom is -0.462 e.